The van der Waals surface area contributed by atoms with Gasteiger partial charge in [0, 0.05) is 31.0 Å². The van der Waals surface area contributed by atoms with E-state index in [0.717, 1.165) is 19.1 Å². The van der Waals surface area contributed by atoms with Crippen molar-refractivity contribution in [2.45, 2.75) is 23.8 Å². The molecule has 0 unspecified atom stereocenters. The van der Waals surface area contributed by atoms with Crippen molar-refractivity contribution < 1.29 is 13.2 Å². The van der Waals surface area contributed by atoms with E-state index in [9.17, 15) is 13.2 Å². The molecule has 5 nitrogen and oxygen atoms in total. The van der Waals surface area contributed by atoms with Crippen LogP contribution in [0.25, 0.3) is 0 Å². The van der Waals surface area contributed by atoms with E-state index in [2.05, 4.69) is 0 Å². The van der Waals surface area contributed by atoms with E-state index >= 15 is 0 Å². The van der Waals surface area contributed by atoms with Crippen LogP contribution in [-0.2, 0) is 9.84 Å². The van der Waals surface area contributed by atoms with E-state index < -0.39 is 9.84 Å². The van der Waals surface area contributed by atoms with Crippen molar-refractivity contribution >= 4 is 15.7 Å². The van der Waals surface area contributed by atoms with E-state index in [4.69, 9.17) is 5.73 Å². The first-order chi connectivity index (χ1) is 8.93. The van der Waals surface area contributed by atoms with E-state index in [1.54, 1.807) is 17.0 Å². The van der Waals surface area contributed by atoms with Gasteiger partial charge in [0.25, 0.3) is 5.91 Å². The number of amides is 1. The van der Waals surface area contributed by atoms with Gasteiger partial charge >= 0.3 is 0 Å². The number of carbonyl (C=O) groups excluding carboxylic acids is 1. The molecule has 0 heterocycles. The molecule has 0 aromatic heterocycles. The zero-order valence-corrected chi connectivity index (χ0v) is 11.7. The van der Waals surface area contributed by atoms with Crippen molar-refractivity contribution in [2.24, 2.45) is 5.73 Å². The van der Waals surface area contributed by atoms with Gasteiger partial charge in [-0.15, -0.1) is 0 Å². The Morgan fingerprint density at radius 3 is 2.63 bits per heavy atom. The summed E-state index contributed by atoms with van der Waals surface area (Å²) in [5, 5.41) is 0. The lowest BCUT2D eigenvalue weighted by Crippen LogP contribution is -2.37. The summed E-state index contributed by atoms with van der Waals surface area (Å²) in [4.78, 5) is 14.3. The normalized spacial score (nSPS) is 15.3. The van der Waals surface area contributed by atoms with Crippen LogP contribution in [0.5, 0.6) is 0 Å². The first-order valence-electron chi connectivity index (χ1n) is 6.24. The number of rotatable bonds is 5. The fraction of sp³-hybridized carbons (Fsp3) is 0.462. The Balaban J connectivity index is 2.27. The number of nitrogens with two attached hydrogens (primary N) is 1. The maximum absolute atomic E-state index is 12.4. The van der Waals surface area contributed by atoms with Gasteiger partial charge in [0.1, 0.15) is 0 Å². The average molecular weight is 282 g/mol. The molecule has 1 saturated carbocycles. The Morgan fingerprint density at radius 1 is 1.42 bits per heavy atom. The number of benzene rings is 1. The van der Waals surface area contributed by atoms with Gasteiger partial charge in [0.2, 0.25) is 0 Å². The third kappa shape index (κ3) is 3.33. The molecule has 1 aliphatic carbocycles. The fourth-order valence-corrected chi connectivity index (χ4v) is 2.67. The van der Waals surface area contributed by atoms with Crippen LogP contribution >= 0.6 is 0 Å². The van der Waals surface area contributed by atoms with Crippen molar-refractivity contribution in [1.29, 1.82) is 0 Å². The molecule has 1 aromatic carbocycles. The highest BCUT2D eigenvalue weighted by atomic mass is 32.2. The van der Waals surface area contributed by atoms with Gasteiger partial charge in [-0.25, -0.2) is 8.42 Å². The molecule has 1 fully saturated rings. The smallest absolute Gasteiger partial charge is 0.254 e. The second kappa shape index (κ2) is 5.30. The van der Waals surface area contributed by atoms with Gasteiger partial charge in [0.05, 0.1) is 4.90 Å². The molecule has 0 saturated heterocycles. The third-order valence-corrected chi connectivity index (χ3v) is 4.24. The van der Waals surface area contributed by atoms with Crippen LogP contribution in [0.2, 0.25) is 0 Å². The number of sulfone groups is 1. The maximum atomic E-state index is 12.4. The van der Waals surface area contributed by atoms with Gasteiger partial charge in [-0.1, -0.05) is 6.07 Å². The number of hydrogen-bond acceptors (Lipinski definition) is 4. The Labute approximate surface area is 113 Å². The second-order valence-corrected chi connectivity index (χ2v) is 6.83. The molecular weight excluding hydrogens is 264 g/mol. The minimum Gasteiger partial charge on any atom is -0.334 e. The molecule has 0 atom stereocenters. The molecule has 104 valence electrons. The van der Waals surface area contributed by atoms with Gasteiger partial charge < -0.3 is 10.6 Å². The highest BCUT2D eigenvalue weighted by Crippen LogP contribution is 2.28. The van der Waals surface area contributed by atoms with Crippen molar-refractivity contribution in [3.05, 3.63) is 29.8 Å². The summed E-state index contributed by atoms with van der Waals surface area (Å²) in [6, 6.07) is 6.43. The van der Waals surface area contributed by atoms with Crippen molar-refractivity contribution in [3.63, 3.8) is 0 Å². The predicted octanol–water partition coefficient (Wildman–Crippen LogP) is 0.653. The number of nitrogens with zero attached hydrogens (tertiary/aromatic N) is 1. The zero-order chi connectivity index (χ0) is 14.0. The van der Waals surface area contributed by atoms with Crippen LogP contribution < -0.4 is 5.73 Å². The summed E-state index contributed by atoms with van der Waals surface area (Å²) < 4.78 is 23.0. The fourth-order valence-electron chi connectivity index (χ4n) is 2.00. The summed E-state index contributed by atoms with van der Waals surface area (Å²) in [7, 11) is -3.30. The molecule has 19 heavy (non-hydrogen) atoms. The molecule has 2 rings (SSSR count). The minimum absolute atomic E-state index is 0.140. The second-order valence-electron chi connectivity index (χ2n) is 4.82. The van der Waals surface area contributed by atoms with E-state index in [1.165, 1.54) is 12.1 Å². The summed E-state index contributed by atoms with van der Waals surface area (Å²) in [5.41, 5.74) is 5.93. The molecule has 0 bridgehead atoms. The Kier molecular flexibility index (Phi) is 3.91. The standard InChI is InChI=1S/C13H18N2O3S/c1-19(17,18)12-4-2-3-10(9-12)13(16)15(8-7-14)11-5-6-11/h2-4,9,11H,5-8,14H2,1H3. The van der Waals surface area contributed by atoms with Crippen molar-refractivity contribution in [3.8, 4) is 0 Å². The van der Waals surface area contributed by atoms with Crippen LogP contribution in [-0.4, -0.2) is 44.6 Å². The molecule has 1 aromatic rings. The Hall–Kier alpha value is -1.40. The molecule has 0 spiro atoms. The van der Waals surface area contributed by atoms with Crippen LogP contribution in [0.3, 0.4) is 0 Å². The van der Waals surface area contributed by atoms with E-state index in [0.29, 0.717) is 18.7 Å². The average Bonchev–Trinajstić information content (AvgIpc) is 3.18. The molecular formula is C13H18N2O3S. The highest BCUT2D eigenvalue weighted by Gasteiger charge is 2.32. The Morgan fingerprint density at radius 2 is 2.11 bits per heavy atom. The molecule has 1 amide bonds. The lowest BCUT2D eigenvalue weighted by molar-refractivity contribution is 0.0748. The predicted molar refractivity (Wildman–Crippen MR) is 72.7 cm³/mol. The number of hydrogen-bond donors (Lipinski definition) is 1. The first kappa shape index (κ1) is 14.0. The van der Waals surface area contributed by atoms with Gasteiger partial charge in [0.15, 0.2) is 9.84 Å². The minimum atomic E-state index is -3.30. The molecule has 6 heteroatoms. The number of carbonyl (C=O) groups is 1. The van der Waals surface area contributed by atoms with Crippen LogP contribution in [0.1, 0.15) is 23.2 Å². The largest absolute Gasteiger partial charge is 0.334 e. The molecule has 2 N–H and O–H groups in total. The summed E-state index contributed by atoms with van der Waals surface area (Å²) in [6.45, 7) is 0.917. The van der Waals surface area contributed by atoms with Crippen molar-refractivity contribution in [1.82, 2.24) is 4.90 Å². The van der Waals surface area contributed by atoms with E-state index in [-0.39, 0.29) is 16.8 Å². The molecule has 1 aliphatic rings. The van der Waals surface area contributed by atoms with E-state index in [1.807, 2.05) is 0 Å². The topological polar surface area (TPSA) is 80.5 Å². The zero-order valence-electron chi connectivity index (χ0n) is 10.9. The van der Waals surface area contributed by atoms with Crippen LogP contribution in [0.15, 0.2) is 29.2 Å². The van der Waals surface area contributed by atoms with Gasteiger partial charge in [-0.3, -0.25) is 4.79 Å². The molecule has 0 radical (unpaired) electrons. The van der Waals surface area contributed by atoms with Crippen LogP contribution in [0, 0.1) is 0 Å². The first-order valence-corrected chi connectivity index (χ1v) is 8.14. The van der Waals surface area contributed by atoms with Crippen LogP contribution in [0.4, 0.5) is 0 Å². The summed E-state index contributed by atoms with van der Waals surface area (Å²) >= 11 is 0. The SMILES string of the molecule is CS(=O)(=O)c1cccc(C(=O)N(CCN)C2CC2)c1. The molecule has 0 aliphatic heterocycles. The third-order valence-electron chi connectivity index (χ3n) is 3.13. The van der Waals surface area contributed by atoms with Gasteiger partial charge in [-0.05, 0) is 31.0 Å². The maximum Gasteiger partial charge on any atom is 0.254 e. The highest BCUT2D eigenvalue weighted by molar-refractivity contribution is 7.90. The van der Waals surface area contributed by atoms with Gasteiger partial charge in [-0.2, -0.15) is 0 Å². The monoisotopic (exact) mass is 282 g/mol. The quantitative estimate of drug-likeness (QED) is 0.860. The van der Waals surface area contributed by atoms with Crippen molar-refractivity contribution in [2.75, 3.05) is 19.3 Å². The summed E-state index contributed by atoms with van der Waals surface area (Å²) in [5.74, 6) is -0.140. The lowest BCUT2D eigenvalue weighted by Gasteiger charge is -2.21. The Bertz CT molecular complexity index is 579. The summed E-state index contributed by atoms with van der Waals surface area (Å²) in [6.07, 6.45) is 3.13. The lowest BCUT2D eigenvalue weighted by atomic mass is 10.2.